The summed E-state index contributed by atoms with van der Waals surface area (Å²) in [5.74, 6) is 0. The predicted octanol–water partition coefficient (Wildman–Crippen LogP) is 2.65. The Morgan fingerprint density at radius 2 is 1.68 bits per heavy atom. The molecule has 1 aromatic carbocycles. The van der Waals surface area contributed by atoms with Crippen molar-refractivity contribution in [1.82, 2.24) is 10.2 Å². The van der Waals surface area contributed by atoms with E-state index in [1.165, 1.54) is 11.1 Å². The van der Waals surface area contributed by atoms with Gasteiger partial charge >= 0.3 is 0 Å². The number of nitrogens with one attached hydrogen (secondary N) is 1. The van der Waals surface area contributed by atoms with Crippen LogP contribution in [0.1, 0.15) is 31.9 Å². The molecular formula is C16H28N2O. The summed E-state index contributed by atoms with van der Waals surface area (Å²) in [6.07, 6.45) is 0. The largest absolute Gasteiger partial charge is 0.375 e. The summed E-state index contributed by atoms with van der Waals surface area (Å²) in [5, 5.41) is 3.32. The molecule has 0 unspecified atom stereocenters. The van der Waals surface area contributed by atoms with Crippen molar-refractivity contribution < 1.29 is 4.74 Å². The Kier molecular flexibility index (Phi) is 6.49. The molecule has 0 heterocycles. The van der Waals surface area contributed by atoms with Gasteiger partial charge in [0.25, 0.3) is 0 Å². The van der Waals surface area contributed by atoms with Gasteiger partial charge in [-0.05, 0) is 45.6 Å². The maximum absolute atomic E-state index is 5.81. The van der Waals surface area contributed by atoms with Crippen LogP contribution in [0.5, 0.6) is 0 Å². The average molecular weight is 264 g/mol. The summed E-state index contributed by atoms with van der Waals surface area (Å²) in [4.78, 5) is 2.19. The minimum absolute atomic E-state index is 0.0744. The fraction of sp³-hybridized carbons (Fsp3) is 0.625. The molecular weight excluding hydrogens is 236 g/mol. The second-order valence-electron chi connectivity index (χ2n) is 5.80. The van der Waals surface area contributed by atoms with Crippen molar-refractivity contribution in [2.45, 2.75) is 39.5 Å². The molecule has 0 atom stereocenters. The summed E-state index contributed by atoms with van der Waals surface area (Å²) in [7, 11) is 4.16. The van der Waals surface area contributed by atoms with Crippen LogP contribution in [-0.4, -0.2) is 37.7 Å². The van der Waals surface area contributed by atoms with Crippen LogP contribution in [0.25, 0.3) is 0 Å². The number of hydrogen-bond acceptors (Lipinski definition) is 3. The monoisotopic (exact) mass is 264 g/mol. The average Bonchev–Trinajstić information content (AvgIpc) is 2.37. The van der Waals surface area contributed by atoms with Crippen LogP contribution in [0.2, 0.25) is 0 Å². The van der Waals surface area contributed by atoms with Crippen molar-refractivity contribution >= 4 is 0 Å². The van der Waals surface area contributed by atoms with Crippen LogP contribution >= 0.6 is 0 Å². The van der Waals surface area contributed by atoms with E-state index in [0.29, 0.717) is 6.61 Å². The molecule has 0 aromatic heterocycles. The fourth-order valence-electron chi connectivity index (χ4n) is 1.57. The molecule has 0 saturated carbocycles. The van der Waals surface area contributed by atoms with Gasteiger partial charge in [0.05, 0.1) is 13.2 Å². The molecule has 0 aliphatic heterocycles. The molecule has 0 radical (unpaired) electrons. The highest BCUT2D eigenvalue weighted by molar-refractivity contribution is 5.21. The highest BCUT2D eigenvalue weighted by Crippen LogP contribution is 2.12. The molecule has 0 bridgehead atoms. The lowest BCUT2D eigenvalue weighted by Gasteiger charge is -2.32. The maximum Gasteiger partial charge on any atom is 0.0717 e. The first-order chi connectivity index (χ1) is 8.95. The number of rotatable bonds is 8. The van der Waals surface area contributed by atoms with Gasteiger partial charge in [0.15, 0.2) is 0 Å². The van der Waals surface area contributed by atoms with Crippen molar-refractivity contribution in [3.05, 3.63) is 35.4 Å². The minimum Gasteiger partial charge on any atom is -0.375 e. The van der Waals surface area contributed by atoms with Crippen LogP contribution in [0.3, 0.4) is 0 Å². The Balaban J connectivity index is 2.38. The maximum atomic E-state index is 5.81. The van der Waals surface area contributed by atoms with Crippen LogP contribution in [0, 0.1) is 0 Å². The Morgan fingerprint density at radius 3 is 2.21 bits per heavy atom. The third-order valence-corrected chi connectivity index (χ3v) is 3.54. The molecule has 1 N–H and O–H groups in total. The van der Waals surface area contributed by atoms with Crippen molar-refractivity contribution in [3.63, 3.8) is 0 Å². The number of nitrogens with zero attached hydrogens (tertiary/aromatic N) is 1. The highest BCUT2D eigenvalue weighted by Gasteiger charge is 2.20. The van der Waals surface area contributed by atoms with Gasteiger partial charge in [0.2, 0.25) is 0 Å². The van der Waals surface area contributed by atoms with Crippen molar-refractivity contribution in [2.75, 3.05) is 27.2 Å². The smallest absolute Gasteiger partial charge is 0.0717 e. The summed E-state index contributed by atoms with van der Waals surface area (Å²) in [6.45, 7) is 9.85. The molecule has 19 heavy (non-hydrogen) atoms. The topological polar surface area (TPSA) is 24.5 Å². The van der Waals surface area contributed by atoms with E-state index in [1.807, 2.05) is 0 Å². The first-order valence-electron chi connectivity index (χ1n) is 6.99. The molecule has 1 aromatic rings. The van der Waals surface area contributed by atoms with Crippen LogP contribution < -0.4 is 5.32 Å². The SMILES string of the molecule is CCNCc1ccc(COCC(C)(C)N(C)C)cc1. The quantitative estimate of drug-likeness (QED) is 0.781. The second-order valence-corrected chi connectivity index (χ2v) is 5.80. The lowest BCUT2D eigenvalue weighted by atomic mass is 10.1. The number of likely N-dealkylation sites (N-methyl/N-ethyl adjacent to an activating group) is 1. The molecule has 0 fully saturated rings. The molecule has 108 valence electrons. The highest BCUT2D eigenvalue weighted by atomic mass is 16.5. The van der Waals surface area contributed by atoms with Crippen LogP contribution in [0.15, 0.2) is 24.3 Å². The van der Waals surface area contributed by atoms with E-state index < -0.39 is 0 Å². The zero-order valence-corrected chi connectivity index (χ0v) is 13.0. The third-order valence-electron chi connectivity index (χ3n) is 3.54. The van der Waals surface area contributed by atoms with E-state index in [-0.39, 0.29) is 5.54 Å². The summed E-state index contributed by atoms with van der Waals surface area (Å²) >= 11 is 0. The third kappa shape index (κ3) is 5.72. The van der Waals surface area contributed by atoms with Gasteiger partial charge in [0.1, 0.15) is 0 Å². The predicted molar refractivity (Wildman–Crippen MR) is 81.2 cm³/mol. The van der Waals surface area contributed by atoms with E-state index in [2.05, 4.69) is 69.3 Å². The van der Waals surface area contributed by atoms with Gasteiger partial charge in [0, 0.05) is 12.1 Å². The molecule has 3 heteroatoms. The second kappa shape index (κ2) is 7.63. The lowest BCUT2D eigenvalue weighted by molar-refractivity contribution is 0.0275. The van der Waals surface area contributed by atoms with Crippen molar-refractivity contribution in [3.8, 4) is 0 Å². The minimum atomic E-state index is 0.0744. The van der Waals surface area contributed by atoms with Gasteiger partial charge in [-0.2, -0.15) is 0 Å². The summed E-state index contributed by atoms with van der Waals surface area (Å²) in [5.41, 5.74) is 2.62. The zero-order valence-electron chi connectivity index (χ0n) is 13.0. The van der Waals surface area contributed by atoms with Gasteiger partial charge in [-0.3, -0.25) is 0 Å². The van der Waals surface area contributed by atoms with Gasteiger partial charge in [-0.15, -0.1) is 0 Å². The molecule has 0 spiro atoms. The van der Waals surface area contributed by atoms with E-state index >= 15 is 0 Å². The molecule has 3 nitrogen and oxygen atoms in total. The Labute approximate surface area is 118 Å². The van der Waals surface area contributed by atoms with Crippen LogP contribution in [0.4, 0.5) is 0 Å². The lowest BCUT2D eigenvalue weighted by Crippen LogP contribution is -2.42. The molecule has 0 amide bonds. The number of ether oxygens (including phenoxy) is 1. The van der Waals surface area contributed by atoms with Gasteiger partial charge in [-0.25, -0.2) is 0 Å². The Hall–Kier alpha value is -0.900. The van der Waals surface area contributed by atoms with Gasteiger partial charge in [-0.1, -0.05) is 31.2 Å². The van der Waals surface area contributed by atoms with E-state index in [1.54, 1.807) is 0 Å². The molecule has 0 aliphatic carbocycles. The Morgan fingerprint density at radius 1 is 1.11 bits per heavy atom. The number of benzene rings is 1. The first-order valence-corrected chi connectivity index (χ1v) is 6.99. The summed E-state index contributed by atoms with van der Waals surface area (Å²) < 4.78 is 5.81. The van der Waals surface area contributed by atoms with E-state index in [9.17, 15) is 0 Å². The summed E-state index contributed by atoms with van der Waals surface area (Å²) in [6, 6.07) is 8.63. The molecule has 0 saturated heterocycles. The van der Waals surface area contributed by atoms with Crippen molar-refractivity contribution in [1.29, 1.82) is 0 Å². The van der Waals surface area contributed by atoms with Gasteiger partial charge < -0.3 is 15.0 Å². The molecule has 0 aliphatic rings. The number of hydrogen-bond donors (Lipinski definition) is 1. The standard InChI is InChI=1S/C16H28N2O/c1-6-17-11-14-7-9-15(10-8-14)12-19-13-16(2,3)18(4)5/h7-10,17H,6,11-13H2,1-5H3. The van der Waals surface area contributed by atoms with Crippen LogP contribution in [-0.2, 0) is 17.9 Å². The fourth-order valence-corrected chi connectivity index (χ4v) is 1.57. The Bertz CT molecular complexity index is 358. The van der Waals surface area contributed by atoms with E-state index in [0.717, 1.165) is 19.7 Å². The first kappa shape index (κ1) is 16.2. The van der Waals surface area contributed by atoms with E-state index in [4.69, 9.17) is 4.74 Å². The zero-order chi connectivity index (χ0) is 14.3. The van der Waals surface area contributed by atoms with Crippen molar-refractivity contribution in [2.24, 2.45) is 0 Å². The normalized spacial score (nSPS) is 12.1. The molecule has 1 rings (SSSR count).